The van der Waals surface area contributed by atoms with Gasteiger partial charge in [-0.1, -0.05) is 39.0 Å². The number of anilines is 2. The van der Waals surface area contributed by atoms with Crippen molar-refractivity contribution in [3.63, 3.8) is 0 Å². The minimum absolute atomic E-state index is 0.110. The van der Waals surface area contributed by atoms with Crippen molar-refractivity contribution in [2.45, 2.75) is 64.3 Å². The second kappa shape index (κ2) is 10.7. The molecule has 1 unspecified atom stereocenters. The number of hydrogen-bond donors (Lipinski definition) is 1. The molecule has 1 aromatic carbocycles. The van der Waals surface area contributed by atoms with Crippen molar-refractivity contribution in [3.05, 3.63) is 48.6 Å². The van der Waals surface area contributed by atoms with Crippen molar-refractivity contribution in [3.8, 4) is 0 Å². The van der Waals surface area contributed by atoms with Crippen LogP contribution in [0, 0.1) is 17.8 Å². The third-order valence-corrected chi connectivity index (χ3v) is 9.24. The van der Waals surface area contributed by atoms with Crippen LogP contribution < -0.4 is 9.80 Å². The van der Waals surface area contributed by atoms with Gasteiger partial charge < -0.3 is 29.3 Å². The van der Waals surface area contributed by atoms with E-state index in [-0.39, 0.29) is 37.5 Å². The molecule has 1 N–H and O–H groups in total. The average molecular weight is 552 g/mol. The van der Waals surface area contributed by atoms with E-state index in [9.17, 15) is 19.5 Å². The van der Waals surface area contributed by atoms with Gasteiger partial charge in [-0.3, -0.25) is 14.4 Å². The molecule has 9 nitrogen and oxygen atoms in total. The smallest absolute Gasteiger partial charge is 0.313 e. The number of carbonyl (C=O) groups is 3. The molecule has 0 bridgehead atoms. The summed E-state index contributed by atoms with van der Waals surface area (Å²) >= 11 is 0. The summed E-state index contributed by atoms with van der Waals surface area (Å²) in [6.07, 6.45) is 7.72. The summed E-state index contributed by atoms with van der Waals surface area (Å²) in [4.78, 5) is 47.8. The Hall–Kier alpha value is -3.17. The molecule has 40 heavy (non-hydrogen) atoms. The van der Waals surface area contributed by atoms with Crippen molar-refractivity contribution in [2.75, 3.05) is 42.6 Å². The van der Waals surface area contributed by atoms with Gasteiger partial charge in [0.15, 0.2) is 0 Å². The van der Waals surface area contributed by atoms with Gasteiger partial charge in [-0.05, 0) is 56.5 Å². The fraction of sp³-hybridized carbons (Fsp3) is 0.581. The highest BCUT2D eigenvalue weighted by Crippen LogP contribution is 2.59. The predicted octanol–water partition coefficient (Wildman–Crippen LogP) is 2.93. The van der Waals surface area contributed by atoms with Gasteiger partial charge in [0.1, 0.15) is 29.8 Å². The van der Waals surface area contributed by atoms with Gasteiger partial charge in [-0.25, -0.2) is 0 Å². The average Bonchev–Trinajstić information content (AvgIpc) is 3.22. The molecule has 9 heteroatoms. The molecule has 1 aromatic rings. The molecule has 2 amide bonds. The van der Waals surface area contributed by atoms with Crippen molar-refractivity contribution in [2.24, 2.45) is 17.8 Å². The van der Waals surface area contributed by atoms with E-state index in [1.165, 1.54) is 4.90 Å². The van der Waals surface area contributed by atoms with E-state index >= 15 is 0 Å². The molecule has 0 aliphatic carbocycles. The summed E-state index contributed by atoms with van der Waals surface area (Å²) in [6, 6.07) is 6.18. The first-order chi connectivity index (χ1) is 19.2. The molecule has 2 saturated heterocycles. The molecule has 4 aliphatic heterocycles. The van der Waals surface area contributed by atoms with Gasteiger partial charge in [0.25, 0.3) is 5.91 Å². The summed E-state index contributed by atoms with van der Waals surface area (Å²) in [7, 11) is 0. The van der Waals surface area contributed by atoms with Crippen molar-refractivity contribution >= 4 is 29.2 Å². The van der Waals surface area contributed by atoms with Crippen LogP contribution in [-0.4, -0.2) is 83.9 Å². The molecule has 216 valence electrons. The minimum Gasteiger partial charge on any atom is -0.461 e. The van der Waals surface area contributed by atoms with Crippen molar-refractivity contribution < 1.29 is 29.0 Å². The molecule has 2 fully saturated rings. The van der Waals surface area contributed by atoms with Gasteiger partial charge >= 0.3 is 5.97 Å². The molecule has 4 heterocycles. The van der Waals surface area contributed by atoms with E-state index in [0.717, 1.165) is 18.8 Å². The number of hydrogen-bond acceptors (Lipinski definition) is 7. The molecule has 0 saturated carbocycles. The Bertz CT molecular complexity index is 1210. The largest absolute Gasteiger partial charge is 0.461 e. The number of rotatable bonds is 8. The second-order valence-electron chi connectivity index (χ2n) is 11.4. The number of benzene rings is 1. The molecule has 4 aliphatic rings. The van der Waals surface area contributed by atoms with Crippen molar-refractivity contribution in [1.82, 2.24) is 4.90 Å². The summed E-state index contributed by atoms with van der Waals surface area (Å²) in [5.41, 5.74) is -0.681. The van der Waals surface area contributed by atoms with Crippen LogP contribution in [0.5, 0.6) is 0 Å². The van der Waals surface area contributed by atoms with Gasteiger partial charge in [-0.2, -0.15) is 0 Å². The Morgan fingerprint density at radius 1 is 1.00 bits per heavy atom. The lowest BCUT2D eigenvalue weighted by molar-refractivity contribution is -0.159. The first kappa shape index (κ1) is 28.4. The van der Waals surface area contributed by atoms with Gasteiger partial charge in [0, 0.05) is 31.0 Å². The maximum atomic E-state index is 14.6. The number of aliphatic hydroxyl groups excluding tert-OH is 1. The lowest BCUT2D eigenvalue weighted by Crippen LogP contribution is -2.60. The summed E-state index contributed by atoms with van der Waals surface area (Å²) < 4.78 is 12.4. The number of amides is 2. The minimum atomic E-state index is -1.38. The summed E-state index contributed by atoms with van der Waals surface area (Å²) in [5, 5.41) is 10.4. The molecule has 0 radical (unpaired) electrons. The van der Waals surface area contributed by atoms with E-state index in [1.807, 2.05) is 63.3 Å². The highest BCUT2D eigenvalue weighted by atomic mass is 16.6. The zero-order valence-electron chi connectivity index (χ0n) is 24.1. The topological polar surface area (TPSA) is 99.6 Å². The third-order valence-electron chi connectivity index (χ3n) is 9.24. The van der Waals surface area contributed by atoms with Crippen molar-refractivity contribution in [1.29, 1.82) is 0 Å². The van der Waals surface area contributed by atoms with E-state index in [1.54, 1.807) is 11.0 Å². The molecule has 0 aromatic heterocycles. The number of nitrogens with zero attached hydrogens (tertiary/aromatic N) is 3. The molecular formula is C31H41N3O6. The van der Waals surface area contributed by atoms with E-state index < -0.39 is 41.1 Å². The first-order valence-corrected chi connectivity index (χ1v) is 14.5. The highest BCUT2D eigenvalue weighted by Gasteiger charge is 2.76. The lowest BCUT2D eigenvalue weighted by atomic mass is 9.73. The predicted molar refractivity (Wildman–Crippen MR) is 152 cm³/mol. The van der Waals surface area contributed by atoms with E-state index in [2.05, 4.69) is 18.7 Å². The Morgan fingerprint density at radius 2 is 1.70 bits per heavy atom. The zero-order chi connectivity index (χ0) is 28.8. The quantitative estimate of drug-likeness (QED) is 0.392. The fourth-order valence-corrected chi connectivity index (χ4v) is 7.18. The van der Waals surface area contributed by atoms with Crippen LogP contribution in [-0.2, 0) is 23.9 Å². The van der Waals surface area contributed by atoms with Gasteiger partial charge in [0.2, 0.25) is 5.91 Å². The number of ether oxygens (including phenoxy) is 2. The Balaban J connectivity index is 1.63. The Labute approximate surface area is 236 Å². The maximum absolute atomic E-state index is 14.6. The van der Waals surface area contributed by atoms with Crippen LogP contribution in [0.1, 0.15) is 41.0 Å². The summed E-state index contributed by atoms with van der Waals surface area (Å²) in [5.74, 6) is -3.14. The monoisotopic (exact) mass is 551 g/mol. The normalized spacial score (nSPS) is 32.0. The number of aliphatic hydroxyl groups is 1. The number of esters is 1. The lowest BCUT2D eigenvalue weighted by Gasteiger charge is -2.41. The molecule has 5 rings (SSSR count). The number of likely N-dealkylation sites (tertiary alicyclic amines) is 1. The standard InChI is InChI=1S/C31H41N3O6/c1-6-30-15-10-18-39-29(38)25(30)24-27(36)34(23(19-35)20(4)5)26-28(37)33(17-9-16-31(24,26)40-30)22-13-11-21(12-14-22)32(7-2)8-3/h9-16,20,23-26,35H,6-8,17-19H2,1-5H3/t23-,24-,25+,26?,30-,31-/m0/s1. The van der Waals surface area contributed by atoms with E-state index in [0.29, 0.717) is 12.1 Å². The first-order valence-electron chi connectivity index (χ1n) is 14.5. The second-order valence-corrected chi connectivity index (χ2v) is 11.4. The number of cyclic esters (lactones) is 1. The highest BCUT2D eigenvalue weighted by molar-refractivity contribution is 6.06. The van der Waals surface area contributed by atoms with Crippen LogP contribution in [0.25, 0.3) is 0 Å². The molecular weight excluding hydrogens is 510 g/mol. The number of fused-ring (bicyclic) bond motifs is 2. The van der Waals surface area contributed by atoms with Crippen LogP contribution in [0.15, 0.2) is 48.6 Å². The van der Waals surface area contributed by atoms with E-state index in [4.69, 9.17) is 9.47 Å². The summed E-state index contributed by atoms with van der Waals surface area (Å²) in [6.45, 7) is 11.8. The zero-order valence-corrected chi connectivity index (χ0v) is 24.1. The molecule has 1 spiro atoms. The van der Waals surface area contributed by atoms with Gasteiger partial charge in [-0.15, -0.1) is 0 Å². The maximum Gasteiger partial charge on any atom is 0.313 e. The van der Waals surface area contributed by atoms with Crippen LogP contribution in [0.4, 0.5) is 11.4 Å². The van der Waals surface area contributed by atoms with Gasteiger partial charge in [0.05, 0.1) is 18.6 Å². The Morgan fingerprint density at radius 3 is 2.30 bits per heavy atom. The Kier molecular flexibility index (Phi) is 7.56. The van der Waals surface area contributed by atoms with Crippen LogP contribution >= 0.6 is 0 Å². The van der Waals surface area contributed by atoms with Crippen LogP contribution in [0.2, 0.25) is 0 Å². The SMILES string of the molecule is CCN(CC)c1ccc(N2CC=C[C@]34O[C@@]5(CC)C=CCOC(=O)[C@H]5[C@H]3C(=O)N([C@@H](CO)C(C)C)C4C2=O)cc1. The fourth-order valence-electron chi connectivity index (χ4n) is 7.18. The van der Waals surface area contributed by atoms with Crippen LogP contribution in [0.3, 0.4) is 0 Å². The molecule has 6 atom stereocenters. The number of carbonyl (C=O) groups excluding carboxylic acids is 3. The third kappa shape index (κ3) is 4.08.